The van der Waals surface area contributed by atoms with Gasteiger partial charge in [-0.2, -0.15) is 5.26 Å². The Balaban J connectivity index is 2.37. The van der Waals surface area contributed by atoms with Crippen molar-refractivity contribution < 1.29 is 0 Å². The molecule has 0 radical (unpaired) electrons. The van der Waals surface area contributed by atoms with Crippen molar-refractivity contribution in [3.63, 3.8) is 0 Å². The van der Waals surface area contributed by atoms with Gasteiger partial charge in [-0.3, -0.25) is 0 Å². The van der Waals surface area contributed by atoms with Gasteiger partial charge in [0, 0.05) is 0 Å². The summed E-state index contributed by atoms with van der Waals surface area (Å²) in [7, 11) is 0. The molecule has 0 unspecified atom stereocenters. The number of anilines is 2. The molecule has 0 fully saturated rings. The first-order chi connectivity index (χ1) is 9.01. The molecule has 2 rings (SSSR count). The fourth-order valence-electron chi connectivity index (χ4n) is 1.35. The van der Waals surface area contributed by atoms with Gasteiger partial charge in [-0.1, -0.05) is 46.4 Å². The Morgan fingerprint density at radius 3 is 2.37 bits per heavy atom. The van der Waals surface area contributed by atoms with Gasteiger partial charge < -0.3 is 5.32 Å². The molecule has 3 nitrogen and oxygen atoms in total. The molecule has 0 amide bonds. The molecule has 96 valence electrons. The zero-order valence-corrected chi connectivity index (χ0v) is 12.2. The predicted molar refractivity (Wildman–Crippen MR) is 78.7 cm³/mol. The van der Waals surface area contributed by atoms with E-state index in [2.05, 4.69) is 10.3 Å². The van der Waals surface area contributed by atoms with Crippen LogP contribution in [0.1, 0.15) is 5.56 Å². The van der Waals surface area contributed by atoms with Crippen molar-refractivity contribution in [3.05, 3.63) is 50.0 Å². The van der Waals surface area contributed by atoms with Crippen molar-refractivity contribution in [1.29, 1.82) is 5.26 Å². The highest BCUT2D eigenvalue weighted by Crippen LogP contribution is 2.32. The van der Waals surface area contributed by atoms with E-state index in [0.717, 1.165) is 0 Å². The fraction of sp³-hybridized carbons (Fsp3) is 0. The first kappa shape index (κ1) is 14.2. The molecule has 0 aliphatic carbocycles. The number of nitrogens with one attached hydrogen (secondary N) is 1. The van der Waals surface area contributed by atoms with Crippen LogP contribution in [0.3, 0.4) is 0 Å². The Kier molecular flexibility index (Phi) is 4.38. The Labute approximate surface area is 129 Å². The average Bonchev–Trinajstić information content (AvgIpc) is 2.38. The number of halogens is 4. The van der Waals surface area contributed by atoms with Crippen LogP contribution in [0.5, 0.6) is 0 Å². The summed E-state index contributed by atoms with van der Waals surface area (Å²) in [4.78, 5) is 4.02. The molecule has 0 saturated carbocycles. The van der Waals surface area contributed by atoms with Crippen molar-refractivity contribution in [2.24, 2.45) is 0 Å². The first-order valence-electron chi connectivity index (χ1n) is 4.99. The first-order valence-corrected chi connectivity index (χ1v) is 6.50. The topological polar surface area (TPSA) is 48.7 Å². The molecule has 0 spiro atoms. The molecule has 1 N–H and O–H groups in total. The SMILES string of the molecule is N#Cc1ccc(Nc2nc(Cl)c(Cl)cc2Cl)c(Cl)c1. The summed E-state index contributed by atoms with van der Waals surface area (Å²) in [5.41, 5.74) is 1.03. The number of nitriles is 1. The quantitative estimate of drug-likeness (QED) is 0.758. The number of rotatable bonds is 2. The summed E-state index contributed by atoms with van der Waals surface area (Å²) in [6, 6.07) is 8.29. The van der Waals surface area contributed by atoms with Crippen LogP contribution in [-0.4, -0.2) is 4.98 Å². The number of nitrogens with zero attached hydrogens (tertiary/aromatic N) is 2. The molecule has 7 heteroatoms. The van der Waals surface area contributed by atoms with E-state index in [0.29, 0.717) is 27.1 Å². The van der Waals surface area contributed by atoms with Gasteiger partial charge in [0.2, 0.25) is 0 Å². The van der Waals surface area contributed by atoms with Crippen LogP contribution >= 0.6 is 46.4 Å². The zero-order valence-electron chi connectivity index (χ0n) is 9.22. The van der Waals surface area contributed by atoms with Crippen molar-refractivity contribution in [2.45, 2.75) is 0 Å². The zero-order chi connectivity index (χ0) is 14.0. The minimum absolute atomic E-state index is 0.137. The molecular weight excluding hydrogens is 328 g/mol. The molecule has 1 aromatic heterocycles. The smallest absolute Gasteiger partial charge is 0.151 e. The maximum atomic E-state index is 8.76. The molecule has 1 heterocycles. The van der Waals surface area contributed by atoms with Crippen LogP contribution in [-0.2, 0) is 0 Å². The van der Waals surface area contributed by atoms with E-state index in [1.54, 1.807) is 12.1 Å². The van der Waals surface area contributed by atoms with Crippen LogP contribution in [0.25, 0.3) is 0 Å². The van der Waals surface area contributed by atoms with Crippen LogP contribution in [0.2, 0.25) is 20.2 Å². The summed E-state index contributed by atoms with van der Waals surface area (Å²) in [5.74, 6) is 0.336. The summed E-state index contributed by atoms with van der Waals surface area (Å²) >= 11 is 23.6. The van der Waals surface area contributed by atoms with Gasteiger partial charge in [-0.15, -0.1) is 0 Å². The number of hydrogen-bond acceptors (Lipinski definition) is 3. The van der Waals surface area contributed by atoms with Crippen LogP contribution < -0.4 is 5.32 Å². The molecule has 0 aliphatic rings. The van der Waals surface area contributed by atoms with E-state index < -0.39 is 0 Å². The van der Waals surface area contributed by atoms with Crippen LogP contribution in [0.15, 0.2) is 24.3 Å². The lowest BCUT2D eigenvalue weighted by Crippen LogP contribution is -1.96. The van der Waals surface area contributed by atoms with Gasteiger partial charge in [0.25, 0.3) is 0 Å². The Bertz CT molecular complexity index is 679. The molecule has 1 aromatic carbocycles. The van der Waals surface area contributed by atoms with E-state index in [4.69, 9.17) is 51.7 Å². The molecule has 2 aromatic rings. The van der Waals surface area contributed by atoms with E-state index in [1.807, 2.05) is 6.07 Å². The summed E-state index contributed by atoms with van der Waals surface area (Å²) in [5, 5.41) is 12.8. The highest BCUT2D eigenvalue weighted by Gasteiger charge is 2.10. The molecule has 0 bridgehead atoms. The van der Waals surface area contributed by atoms with Crippen LogP contribution in [0, 0.1) is 11.3 Å². The van der Waals surface area contributed by atoms with E-state index in [-0.39, 0.29) is 10.2 Å². The van der Waals surface area contributed by atoms with Crippen molar-refractivity contribution in [2.75, 3.05) is 5.32 Å². The van der Waals surface area contributed by atoms with E-state index in [1.165, 1.54) is 12.1 Å². The number of pyridine rings is 1. The molecule has 0 atom stereocenters. The van der Waals surface area contributed by atoms with Crippen LogP contribution in [0.4, 0.5) is 11.5 Å². The van der Waals surface area contributed by atoms with Gasteiger partial charge >= 0.3 is 0 Å². The fourth-order valence-corrected chi connectivity index (χ4v) is 2.12. The van der Waals surface area contributed by atoms with Crippen molar-refractivity contribution >= 4 is 57.9 Å². The maximum absolute atomic E-state index is 8.76. The molecule has 19 heavy (non-hydrogen) atoms. The predicted octanol–water partition coefficient (Wildman–Crippen LogP) is 5.31. The highest BCUT2D eigenvalue weighted by atomic mass is 35.5. The second-order valence-electron chi connectivity index (χ2n) is 3.52. The minimum Gasteiger partial charge on any atom is -0.338 e. The van der Waals surface area contributed by atoms with Crippen molar-refractivity contribution in [1.82, 2.24) is 4.98 Å². The second-order valence-corrected chi connectivity index (χ2v) is 5.10. The molecule has 0 saturated heterocycles. The maximum Gasteiger partial charge on any atom is 0.151 e. The monoisotopic (exact) mass is 331 g/mol. The third-order valence-electron chi connectivity index (χ3n) is 2.24. The number of aromatic nitrogens is 1. The summed E-state index contributed by atoms with van der Waals surface area (Å²) < 4.78 is 0. The van der Waals surface area contributed by atoms with Gasteiger partial charge in [0.1, 0.15) is 5.15 Å². The third kappa shape index (κ3) is 3.23. The van der Waals surface area contributed by atoms with Gasteiger partial charge in [0.15, 0.2) is 5.82 Å². The number of hydrogen-bond donors (Lipinski definition) is 1. The van der Waals surface area contributed by atoms with E-state index >= 15 is 0 Å². The Morgan fingerprint density at radius 1 is 1.00 bits per heavy atom. The largest absolute Gasteiger partial charge is 0.338 e. The van der Waals surface area contributed by atoms with E-state index in [9.17, 15) is 0 Å². The minimum atomic E-state index is 0.137. The number of benzene rings is 1. The normalized spacial score (nSPS) is 10.1. The van der Waals surface area contributed by atoms with Gasteiger partial charge in [0.05, 0.1) is 32.4 Å². The highest BCUT2D eigenvalue weighted by molar-refractivity contribution is 6.43. The lowest BCUT2D eigenvalue weighted by Gasteiger charge is -2.10. The molecular formula is C12H5Cl4N3. The third-order valence-corrected chi connectivity index (χ3v) is 3.51. The summed E-state index contributed by atoms with van der Waals surface area (Å²) in [6.07, 6.45) is 0. The Morgan fingerprint density at radius 2 is 1.74 bits per heavy atom. The van der Waals surface area contributed by atoms with Gasteiger partial charge in [-0.25, -0.2) is 4.98 Å². The second kappa shape index (κ2) is 5.85. The lowest BCUT2D eigenvalue weighted by molar-refractivity contribution is 1.31. The molecule has 0 aliphatic heterocycles. The lowest BCUT2D eigenvalue weighted by atomic mass is 10.2. The Hall–Kier alpha value is -1.18. The van der Waals surface area contributed by atoms with Gasteiger partial charge in [-0.05, 0) is 24.3 Å². The standard InChI is InChI=1S/C12H5Cl4N3/c13-7-3-6(5-17)1-2-10(7)18-12-9(15)4-8(14)11(16)19-12/h1-4H,(H,18,19). The average molecular weight is 333 g/mol. The van der Waals surface area contributed by atoms with Crippen molar-refractivity contribution in [3.8, 4) is 6.07 Å². The summed E-state index contributed by atoms with van der Waals surface area (Å²) in [6.45, 7) is 0.